The molecule has 1 unspecified atom stereocenters. The lowest BCUT2D eigenvalue weighted by Gasteiger charge is -2.31. The fourth-order valence-corrected chi connectivity index (χ4v) is 5.60. The van der Waals surface area contributed by atoms with Crippen LogP contribution in [0.1, 0.15) is 31.0 Å². The number of piperidine rings is 1. The van der Waals surface area contributed by atoms with Crippen LogP contribution in [0.15, 0.2) is 38.9 Å². The number of aryl methyl sites for hydroxylation is 1. The van der Waals surface area contributed by atoms with E-state index in [0.29, 0.717) is 30.7 Å². The normalized spacial score (nSPS) is 18.1. The van der Waals surface area contributed by atoms with Crippen molar-refractivity contribution >= 4 is 34.5 Å². The lowest BCUT2D eigenvalue weighted by Crippen LogP contribution is -2.44. The van der Waals surface area contributed by atoms with Crippen LogP contribution in [0.3, 0.4) is 0 Å². The van der Waals surface area contributed by atoms with Gasteiger partial charge in [0, 0.05) is 41.9 Å². The van der Waals surface area contributed by atoms with E-state index in [-0.39, 0.29) is 11.6 Å². The Balaban J connectivity index is 1.62. The van der Waals surface area contributed by atoms with Gasteiger partial charge in [-0.3, -0.25) is 14.4 Å². The molecule has 0 aliphatic carbocycles. The summed E-state index contributed by atoms with van der Waals surface area (Å²) in [6.07, 6.45) is 2.00. The third-order valence-electron chi connectivity index (χ3n) is 6.30. The highest BCUT2D eigenvalue weighted by atomic mass is 32.2. The number of aliphatic imine (C=N–C) groups is 1. The molecular weight excluding hydrogens is 446 g/mol. The van der Waals surface area contributed by atoms with Gasteiger partial charge in [-0.25, -0.2) is 9.67 Å². The third kappa shape index (κ3) is 4.24. The zero-order valence-corrected chi connectivity index (χ0v) is 20.4. The van der Waals surface area contributed by atoms with E-state index in [9.17, 15) is 4.79 Å². The van der Waals surface area contributed by atoms with Crippen LogP contribution >= 0.6 is 11.8 Å². The van der Waals surface area contributed by atoms with Gasteiger partial charge in [-0.05, 0) is 32.8 Å². The highest BCUT2D eigenvalue weighted by molar-refractivity contribution is 7.99. The Labute approximate surface area is 203 Å². The number of hydrogen-bond donors (Lipinski definition) is 1. The van der Waals surface area contributed by atoms with Gasteiger partial charge in [0.1, 0.15) is 11.0 Å². The maximum absolute atomic E-state index is 13.8. The van der Waals surface area contributed by atoms with Gasteiger partial charge in [-0.2, -0.15) is 5.10 Å². The molecule has 1 saturated heterocycles. The van der Waals surface area contributed by atoms with E-state index in [0.717, 1.165) is 54.6 Å². The van der Waals surface area contributed by atoms with Gasteiger partial charge in [0.05, 0.1) is 24.5 Å². The predicted molar refractivity (Wildman–Crippen MR) is 138 cm³/mol. The quantitative estimate of drug-likeness (QED) is 0.583. The van der Waals surface area contributed by atoms with Crippen molar-refractivity contribution < 1.29 is 0 Å². The number of nitrogens with zero attached hydrogens (tertiary/aromatic N) is 6. The SMILES string of the molecule is CC#CCn1c(N2CCCC(N)C2)nc2c(C)nn(CC3=NCCSc4ccccc43)c(=O)c21. The topological polar surface area (TPSA) is 94.3 Å². The molecule has 3 aromatic rings. The molecule has 2 N–H and O–H groups in total. The van der Waals surface area contributed by atoms with Crippen molar-refractivity contribution in [1.82, 2.24) is 19.3 Å². The van der Waals surface area contributed by atoms with Gasteiger partial charge >= 0.3 is 0 Å². The minimum absolute atomic E-state index is 0.0985. The van der Waals surface area contributed by atoms with Gasteiger partial charge in [0.2, 0.25) is 5.95 Å². The number of fused-ring (bicyclic) bond motifs is 2. The average Bonchev–Trinajstić information content (AvgIpc) is 3.11. The van der Waals surface area contributed by atoms with E-state index in [1.807, 2.05) is 23.6 Å². The summed E-state index contributed by atoms with van der Waals surface area (Å²) in [5.41, 5.74) is 9.93. The molecule has 1 atom stereocenters. The molecule has 8 nitrogen and oxygen atoms in total. The fourth-order valence-electron chi connectivity index (χ4n) is 4.68. The van der Waals surface area contributed by atoms with Crippen LogP contribution in [0.25, 0.3) is 11.0 Å². The number of benzene rings is 1. The first kappa shape index (κ1) is 22.7. The Morgan fingerprint density at radius 3 is 2.97 bits per heavy atom. The first-order valence-electron chi connectivity index (χ1n) is 11.7. The van der Waals surface area contributed by atoms with E-state index in [2.05, 4.69) is 34.0 Å². The summed E-state index contributed by atoms with van der Waals surface area (Å²) < 4.78 is 3.47. The van der Waals surface area contributed by atoms with Gasteiger partial charge in [-0.15, -0.1) is 17.7 Å². The first-order valence-corrected chi connectivity index (χ1v) is 12.7. The maximum atomic E-state index is 13.8. The first-order chi connectivity index (χ1) is 16.6. The van der Waals surface area contributed by atoms with E-state index >= 15 is 0 Å². The average molecular weight is 476 g/mol. The summed E-state index contributed by atoms with van der Waals surface area (Å²) >= 11 is 1.80. The molecule has 0 amide bonds. The molecule has 0 radical (unpaired) electrons. The molecule has 1 fully saturated rings. The summed E-state index contributed by atoms with van der Waals surface area (Å²) in [7, 11) is 0. The Bertz CT molecular complexity index is 1380. The van der Waals surface area contributed by atoms with Crippen molar-refractivity contribution in [1.29, 1.82) is 0 Å². The van der Waals surface area contributed by atoms with Crippen LogP contribution in [-0.4, -0.2) is 56.5 Å². The Kier molecular flexibility index (Phi) is 6.44. The van der Waals surface area contributed by atoms with Crippen molar-refractivity contribution in [3.05, 3.63) is 45.9 Å². The van der Waals surface area contributed by atoms with Crippen molar-refractivity contribution in [2.45, 2.75) is 50.7 Å². The molecule has 1 aromatic carbocycles. The number of imidazole rings is 1. The molecule has 9 heteroatoms. The zero-order chi connectivity index (χ0) is 23.7. The highest BCUT2D eigenvalue weighted by Gasteiger charge is 2.26. The Hall–Kier alpha value is -3.09. The highest BCUT2D eigenvalue weighted by Crippen LogP contribution is 2.27. The number of rotatable bonds is 4. The molecule has 0 saturated carbocycles. The summed E-state index contributed by atoms with van der Waals surface area (Å²) in [4.78, 5) is 26.8. The maximum Gasteiger partial charge on any atom is 0.293 e. The summed E-state index contributed by atoms with van der Waals surface area (Å²) in [6.45, 7) is 6.73. The monoisotopic (exact) mass is 475 g/mol. The summed E-state index contributed by atoms with van der Waals surface area (Å²) in [5, 5.41) is 4.65. The third-order valence-corrected chi connectivity index (χ3v) is 7.36. The molecule has 2 aliphatic rings. The number of anilines is 1. The molecule has 34 heavy (non-hydrogen) atoms. The largest absolute Gasteiger partial charge is 0.341 e. The minimum Gasteiger partial charge on any atom is -0.341 e. The number of aromatic nitrogens is 4. The Morgan fingerprint density at radius 2 is 2.15 bits per heavy atom. The van der Waals surface area contributed by atoms with E-state index < -0.39 is 0 Å². The van der Waals surface area contributed by atoms with E-state index in [4.69, 9.17) is 15.7 Å². The molecule has 4 heterocycles. The van der Waals surface area contributed by atoms with Crippen LogP contribution in [-0.2, 0) is 13.1 Å². The standard InChI is InChI=1S/C25H29N7OS/c1-3-4-13-31-23-22(28-25(31)30-12-7-8-18(26)15-30)17(2)29-32(24(23)33)16-20-19-9-5-6-10-21(19)34-14-11-27-20/h5-6,9-10,18H,7-8,11-16,26H2,1-2H3. The molecule has 176 valence electrons. The van der Waals surface area contributed by atoms with Crippen LogP contribution in [0.2, 0.25) is 0 Å². The van der Waals surface area contributed by atoms with Gasteiger partial charge in [0.15, 0.2) is 0 Å². The van der Waals surface area contributed by atoms with Gasteiger partial charge in [-0.1, -0.05) is 24.1 Å². The van der Waals surface area contributed by atoms with Crippen LogP contribution < -0.4 is 16.2 Å². The molecule has 2 aliphatic heterocycles. The van der Waals surface area contributed by atoms with Gasteiger partial charge < -0.3 is 10.6 Å². The number of hydrogen-bond acceptors (Lipinski definition) is 7. The second-order valence-corrected chi connectivity index (χ2v) is 9.83. The van der Waals surface area contributed by atoms with E-state index in [1.54, 1.807) is 18.7 Å². The number of nitrogens with two attached hydrogens (primary N) is 1. The lowest BCUT2D eigenvalue weighted by atomic mass is 10.1. The fraction of sp³-hybridized carbons (Fsp3) is 0.440. The van der Waals surface area contributed by atoms with Crippen molar-refractivity contribution in [2.75, 3.05) is 30.3 Å². The van der Waals surface area contributed by atoms with Crippen molar-refractivity contribution in [3.8, 4) is 11.8 Å². The van der Waals surface area contributed by atoms with Crippen LogP contribution in [0.4, 0.5) is 5.95 Å². The molecule has 0 bridgehead atoms. The second kappa shape index (κ2) is 9.65. The lowest BCUT2D eigenvalue weighted by molar-refractivity contribution is 0.496. The van der Waals surface area contributed by atoms with E-state index in [1.165, 1.54) is 9.58 Å². The van der Waals surface area contributed by atoms with Crippen molar-refractivity contribution in [2.24, 2.45) is 10.7 Å². The van der Waals surface area contributed by atoms with Gasteiger partial charge in [0.25, 0.3) is 5.56 Å². The molecule has 5 rings (SSSR count). The minimum atomic E-state index is -0.171. The summed E-state index contributed by atoms with van der Waals surface area (Å²) in [5.74, 6) is 7.75. The number of thioether (sulfide) groups is 1. The smallest absolute Gasteiger partial charge is 0.293 e. The van der Waals surface area contributed by atoms with Crippen LogP contribution in [0.5, 0.6) is 0 Å². The predicted octanol–water partition coefficient (Wildman–Crippen LogP) is 2.45. The summed E-state index contributed by atoms with van der Waals surface area (Å²) in [6, 6.07) is 8.33. The zero-order valence-electron chi connectivity index (χ0n) is 19.6. The van der Waals surface area contributed by atoms with Crippen molar-refractivity contribution in [3.63, 3.8) is 0 Å². The molecular formula is C25H29N7OS. The van der Waals surface area contributed by atoms with Crippen LogP contribution in [0, 0.1) is 18.8 Å². The second-order valence-electron chi connectivity index (χ2n) is 8.69. The molecule has 2 aromatic heterocycles. The Morgan fingerprint density at radius 1 is 1.29 bits per heavy atom. The molecule has 0 spiro atoms.